The van der Waals surface area contributed by atoms with E-state index >= 15 is 0 Å². The Balaban J connectivity index is 1.69. The Labute approximate surface area is 227 Å². The molecule has 0 spiro atoms. The van der Waals surface area contributed by atoms with E-state index in [0.717, 1.165) is 10.1 Å². The molecular formula is C27H34N4O5S2. The number of hydrogen-bond acceptors (Lipinski definition) is 8. The zero-order valence-electron chi connectivity index (χ0n) is 21.5. The number of hydrogen-bond donors (Lipinski definition) is 3. The summed E-state index contributed by atoms with van der Waals surface area (Å²) in [5.74, 6) is -0.941. The first kappa shape index (κ1) is 28.2. The zero-order valence-corrected chi connectivity index (χ0v) is 23.1. The third kappa shape index (κ3) is 6.06. The molecule has 2 amide bonds. The van der Waals surface area contributed by atoms with Gasteiger partial charge in [-0.2, -0.15) is 0 Å². The predicted molar refractivity (Wildman–Crippen MR) is 147 cm³/mol. The topological polar surface area (TPSA) is 143 Å². The average molecular weight is 559 g/mol. The number of nitrogens with one attached hydrogen (secondary N) is 1. The third-order valence-corrected chi connectivity index (χ3v) is 9.82. The van der Waals surface area contributed by atoms with Crippen molar-refractivity contribution < 1.29 is 23.1 Å². The minimum atomic E-state index is -4.28. The Hall–Kier alpha value is -2.86. The van der Waals surface area contributed by atoms with Gasteiger partial charge in [0.15, 0.2) is 10.4 Å². The van der Waals surface area contributed by atoms with Gasteiger partial charge in [-0.1, -0.05) is 44.5 Å². The lowest BCUT2D eigenvalue weighted by Gasteiger charge is -2.40. The van der Waals surface area contributed by atoms with Crippen molar-refractivity contribution in [3.63, 3.8) is 0 Å². The van der Waals surface area contributed by atoms with Gasteiger partial charge in [-0.05, 0) is 54.8 Å². The van der Waals surface area contributed by atoms with Crippen molar-refractivity contribution in [2.24, 2.45) is 11.7 Å². The summed E-state index contributed by atoms with van der Waals surface area (Å²) in [7, 11) is -4.28. The molecule has 3 heterocycles. The summed E-state index contributed by atoms with van der Waals surface area (Å²) in [6.45, 7) is 3.95. The van der Waals surface area contributed by atoms with E-state index < -0.39 is 45.2 Å². The normalized spacial score (nSPS) is 21.6. The minimum Gasteiger partial charge on any atom is -0.388 e. The largest absolute Gasteiger partial charge is 0.388 e. The monoisotopic (exact) mass is 558 g/mol. The molecule has 1 fully saturated rings. The van der Waals surface area contributed by atoms with Crippen molar-refractivity contribution >= 4 is 43.1 Å². The maximum atomic E-state index is 14.1. The highest BCUT2D eigenvalue weighted by Crippen LogP contribution is 2.28. The summed E-state index contributed by atoms with van der Waals surface area (Å²) < 4.78 is 28.5. The number of likely N-dealkylation sites (tertiary alicyclic amines) is 1. The van der Waals surface area contributed by atoms with E-state index in [4.69, 9.17) is 5.73 Å². The maximum Gasteiger partial charge on any atom is 0.262 e. The fourth-order valence-corrected chi connectivity index (χ4v) is 7.60. The van der Waals surface area contributed by atoms with Crippen LogP contribution in [-0.2, 0) is 14.6 Å². The molecule has 0 saturated carbocycles. The molecular weight excluding hydrogens is 524 g/mol. The molecule has 4 atom stereocenters. The first-order valence-electron chi connectivity index (χ1n) is 12.8. The number of nitrogens with zero attached hydrogens (tertiary/aromatic N) is 2. The minimum absolute atomic E-state index is 0.0273. The summed E-state index contributed by atoms with van der Waals surface area (Å²) in [5.41, 5.74) is 6.18. The molecule has 0 radical (unpaired) electrons. The quantitative estimate of drug-likeness (QED) is 0.405. The third-order valence-electron chi connectivity index (χ3n) is 6.71. The smallest absolute Gasteiger partial charge is 0.262 e. The van der Waals surface area contributed by atoms with E-state index in [0.29, 0.717) is 30.6 Å². The van der Waals surface area contributed by atoms with E-state index in [1.165, 1.54) is 34.6 Å². The molecule has 2 aromatic heterocycles. The van der Waals surface area contributed by atoms with Gasteiger partial charge in [-0.15, -0.1) is 11.3 Å². The van der Waals surface area contributed by atoms with Gasteiger partial charge in [0, 0.05) is 23.5 Å². The van der Waals surface area contributed by atoms with Crippen molar-refractivity contribution in [3.05, 3.63) is 59.6 Å². The fraction of sp³-hybridized carbons (Fsp3) is 0.444. The number of aliphatic hydroxyl groups is 1. The van der Waals surface area contributed by atoms with Crippen molar-refractivity contribution in [2.75, 3.05) is 6.54 Å². The number of carbonyl (C=O) groups is 2. The number of nitrogens with two attached hydrogens (primary N) is 1. The van der Waals surface area contributed by atoms with Gasteiger partial charge in [0.2, 0.25) is 15.7 Å². The SMILES string of the molecule is CC(C)C[C@H](NC(=O)c1cc2ccccc2s1)C(=O)N1CCCCC(N)C(O)C1S(=O)(=O)c1ccccn1. The molecule has 204 valence electrons. The van der Waals surface area contributed by atoms with Crippen LogP contribution in [0, 0.1) is 5.92 Å². The molecule has 4 rings (SSSR count). The molecule has 0 aliphatic carbocycles. The zero-order chi connectivity index (χ0) is 27.4. The summed E-state index contributed by atoms with van der Waals surface area (Å²) in [6.07, 6.45) is 1.69. The molecule has 3 unspecified atom stereocenters. The number of benzene rings is 1. The van der Waals surface area contributed by atoms with Gasteiger partial charge >= 0.3 is 0 Å². The van der Waals surface area contributed by atoms with E-state index in [2.05, 4.69) is 10.3 Å². The van der Waals surface area contributed by atoms with E-state index in [9.17, 15) is 23.1 Å². The second-order valence-electron chi connectivity index (χ2n) is 10.1. The van der Waals surface area contributed by atoms with Gasteiger partial charge < -0.3 is 21.1 Å². The molecule has 1 aliphatic rings. The highest BCUT2D eigenvalue weighted by atomic mass is 32.2. The highest BCUT2D eigenvalue weighted by molar-refractivity contribution is 7.92. The lowest BCUT2D eigenvalue weighted by Crippen LogP contribution is -2.61. The summed E-state index contributed by atoms with van der Waals surface area (Å²) in [4.78, 5) is 33.0. The van der Waals surface area contributed by atoms with Crippen LogP contribution in [0.25, 0.3) is 10.1 Å². The van der Waals surface area contributed by atoms with Crippen LogP contribution in [0.1, 0.15) is 49.2 Å². The standard InChI is InChI=1S/C27H34N4O5S2/c1-17(2)15-20(30-25(33)22-16-18-9-3-4-11-21(18)37-22)26(34)31-14-8-6-10-19(28)24(32)27(31)38(35,36)23-12-5-7-13-29-23/h3-5,7,9,11-13,16-17,19-20,24,27,32H,6,8,10,14-15,28H2,1-2H3,(H,30,33)/t19?,20-,24?,27?/m0/s1. The van der Waals surface area contributed by atoms with Crippen LogP contribution in [0.15, 0.2) is 59.8 Å². The fourth-order valence-electron chi connectivity index (χ4n) is 4.80. The lowest BCUT2D eigenvalue weighted by atomic mass is 9.98. The van der Waals surface area contributed by atoms with E-state index in [1.807, 2.05) is 38.1 Å². The van der Waals surface area contributed by atoms with Crippen LogP contribution in [-0.4, -0.2) is 65.3 Å². The Morgan fingerprint density at radius 2 is 1.92 bits per heavy atom. The molecule has 1 saturated heterocycles. The molecule has 11 heteroatoms. The number of sulfone groups is 1. The number of pyridine rings is 1. The van der Waals surface area contributed by atoms with Crippen LogP contribution in [0.5, 0.6) is 0 Å². The van der Waals surface area contributed by atoms with E-state index in [-0.39, 0.29) is 17.5 Å². The Bertz CT molecular complexity index is 1340. The first-order valence-corrected chi connectivity index (χ1v) is 15.1. The maximum absolute atomic E-state index is 14.1. The number of aromatic nitrogens is 1. The number of fused-ring (bicyclic) bond motifs is 1. The molecule has 0 bridgehead atoms. The van der Waals surface area contributed by atoms with Crippen LogP contribution in [0.3, 0.4) is 0 Å². The number of carbonyl (C=O) groups excluding carboxylic acids is 2. The number of rotatable bonds is 7. The predicted octanol–water partition coefficient (Wildman–Crippen LogP) is 2.94. The molecule has 9 nitrogen and oxygen atoms in total. The number of aliphatic hydroxyl groups excluding tert-OH is 1. The molecule has 1 aliphatic heterocycles. The van der Waals surface area contributed by atoms with Gasteiger partial charge in [0.25, 0.3) is 5.91 Å². The average Bonchev–Trinajstić information content (AvgIpc) is 3.33. The number of thiophene rings is 1. The van der Waals surface area contributed by atoms with Crippen LogP contribution in [0.2, 0.25) is 0 Å². The van der Waals surface area contributed by atoms with Crippen molar-refractivity contribution in [1.82, 2.24) is 15.2 Å². The number of amides is 2. The second-order valence-corrected chi connectivity index (χ2v) is 13.2. The highest BCUT2D eigenvalue weighted by Gasteiger charge is 2.46. The van der Waals surface area contributed by atoms with Crippen molar-refractivity contribution in [3.8, 4) is 0 Å². The lowest BCUT2D eigenvalue weighted by molar-refractivity contribution is -0.137. The molecule has 38 heavy (non-hydrogen) atoms. The van der Waals surface area contributed by atoms with Crippen molar-refractivity contribution in [1.29, 1.82) is 0 Å². The van der Waals surface area contributed by atoms with E-state index in [1.54, 1.807) is 12.1 Å². The summed E-state index contributed by atoms with van der Waals surface area (Å²) in [6, 6.07) is 12.0. The molecule has 3 aromatic rings. The molecule has 1 aromatic carbocycles. The van der Waals surface area contributed by atoms with Gasteiger partial charge in [0.05, 0.1) is 4.88 Å². The van der Waals surface area contributed by atoms with Crippen LogP contribution < -0.4 is 11.1 Å². The van der Waals surface area contributed by atoms with Crippen LogP contribution in [0.4, 0.5) is 0 Å². The van der Waals surface area contributed by atoms with Crippen LogP contribution >= 0.6 is 11.3 Å². The van der Waals surface area contributed by atoms with Gasteiger partial charge in [-0.25, -0.2) is 13.4 Å². The van der Waals surface area contributed by atoms with Gasteiger partial charge in [0.1, 0.15) is 12.1 Å². The summed E-state index contributed by atoms with van der Waals surface area (Å²) >= 11 is 1.32. The Morgan fingerprint density at radius 3 is 2.61 bits per heavy atom. The second kappa shape index (κ2) is 11.9. The Kier molecular flexibility index (Phi) is 8.81. The van der Waals surface area contributed by atoms with Gasteiger partial charge in [-0.3, -0.25) is 9.59 Å². The Morgan fingerprint density at radius 1 is 1.18 bits per heavy atom. The first-order chi connectivity index (χ1) is 18.1. The summed E-state index contributed by atoms with van der Waals surface area (Å²) in [5, 5.41) is 13.1. The molecule has 4 N–H and O–H groups in total. The van der Waals surface area contributed by atoms with Crippen molar-refractivity contribution in [2.45, 2.75) is 68.1 Å².